The summed E-state index contributed by atoms with van der Waals surface area (Å²) in [6.45, 7) is 8.36. The number of nitrogens with zero attached hydrogens (tertiary/aromatic N) is 1. The standard InChI is InChI=1S/C15H20N2OS/c1-10(2)14-9-16-15(19)17(14)12-5-7-13(8-6-12)18-11(3)4/h5-11H,1-4H3,(H,16,19). The molecule has 0 spiro atoms. The van der Waals surface area contributed by atoms with Crippen LogP contribution in [0.5, 0.6) is 5.75 Å². The van der Waals surface area contributed by atoms with Gasteiger partial charge in [-0.3, -0.25) is 4.57 Å². The average molecular weight is 276 g/mol. The lowest BCUT2D eigenvalue weighted by atomic mass is 10.1. The van der Waals surface area contributed by atoms with E-state index in [1.54, 1.807) is 0 Å². The highest BCUT2D eigenvalue weighted by Gasteiger charge is 2.09. The highest BCUT2D eigenvalue weighted by Crippen LogP contribution is 2.22. The summed E-state index contributed by atoms with van der Waals surface area (Å²) in [6, 6.07) is 8.03. The number of aromatic amines is 1. The number of H-pyrrole nitrogens is 1. The molecule has 0 aliphatic rings. The lowest BCUT2D eigenvalue weighted by Crippen LogP contribution is -2.06. The molecular formula is C15H20N2OS. The van der Waals surface area contributed by atoms with Gasteiger partial charge in [-0.1, -0.05) is 13.8 Å². The number of imidazole rings is 1. The molecule has 0 fully saturated rings. The monoisotopic (exact) mass is 276 g/mol. The molecule has 102 valence electrons. The van der Waals surface area contributed by atoms with E-state index in [1.165, 1.54) is 5.69 Å². The van der Waals surface area contributed by atoms with E-state index in [9.17, 15) is 0 Å². The predicted octanol–water partition coefficient (Wildman–Crippen LogP) is 4.45. The third-order valence-corrected chi connectivity index (χ3v) is 3.16. The van der Waals surface area contributed by atoms with Gasteiger partial charge in [-0.15, -0.1) is 0 Å². The second-order valence-corrected chi connectivity index (χ2v) is 5.56. The minimum absolute atomic E-state index is 0.187. The summed E-state index contributed by atoms with van der Waals surface area (Å²) >= 11 is 5.35. The fraction of sp³-hybridized carbons (Fsp3) is 0.400. The highest BCUT2D eigenvalue weighted by atomic mass is 32.1. The average Bonchev–Trinajstić information content (AvgIpc) is 2.71. The van der Waals surface area contributed by atoms with Crippen molar-refractivity contribution in [2.45, 2.75) is 39.7 Å². The van der Waals surface area contributed by atoms with E-state index in [-0.39, 0.29) is 6.10 Å². The highest BCUT2D eigenvalue weighted by molar-refractivity contribution is 7.71. The molecule has 0 aliphatic heterocycles. The molecule has 0 atom stereocenters. The van der Waals surface area contributed by atoms with Gasteiger partial charge in [-0.25, -0.2) is 0 Å². The van der Waals surface area contributed by atoms with E-state index in [0.717, 1.165) is 16.2 Å². The van der Waals surface area contributed by atoms with Crippen LogP contribution in [0.15, 0.2) is 30.5 Å². The van der Waals surface area contributed by atoms with Crippen LogP contribution in [-0.4, -0.2) is 15.7 Å². The number of nitrogens with one attached hydrogen (secondary N) is 1. The lowest BCUT2D eigenvalue weighted by Gasteiger charge is -2.13. The Morgan fingerprint density at radius 2 is 1.74 bits per heavy atom. The van der Waals surface area contributed by atoms with Crippen molar-refractivity contribution in [2.75, 3.05) is 0 Å². The second kappa shape index (κ2) is 5.61. The fourth-order valence-electron chi connectivity index (χ4n) is 2.02. The number of aromatic nitrogens is 2. The Balaban J connectivity index is 2.37. The van der Waals surface area contributed by atoms with Crippen molar-refractivity contribution in [3.05, 3.63) is 40.9 Å². The normalized spacial score (nSPS) is 11.3. The summed E-state index contributed by atoms with van der Waals surface area (Å²) in [5.41, 5.74) is 2.24. The van der Waals surface area contributed by atoms with Gasteiger partial charge in [0, 0.05) is 17.6 Å². The Labute approximate surface area is 119 Å². The van der Waals surface area contributed by atoms with Gasteiger partial charge in [0.1, 0.15) is 5.75 Å². The SMILES string of the molecule is CC(C)Oc1ccc(-n2c(C(C)C)c[nH]c2=S)cc1. The van der Waals surface area contributed by atoms with Crippen LogP contribution in [0, 0.1) is 4.77 Å². The van der Waals surface area contributed by atoms with Crippen LogP contribution >= 0.6 is 12.2 Å². The quantitative estimate of drug-likeness (QED) is 0.836. The van der Waals surface area contributed by atoms with Crippen LogP contribution in [-0.2, 0) is 0 Å². The summed E-state index contributed by atoms with van der Waals surface area (Å²) in [6.07, 6.45) is 2.16. The molecule has 0 amide bonds. The molecule has 2 aromatic rings. The van der Waals surface area contributed by atoms with Gasteiger partial charge < -0.3 is 9.72 Å². The number of ether oxygens (including phenoxy) is 1. The van der Waals surface area contributed by atoms with Crippen molar-refractivity contribution >= 4 is 12.2 Å². The zero-order valence-electron chi connectivity index (χ0n) is 11.8. The molecule has 1 heterocycles. The van der Waals surface area contributed by atoms with Gasteiger partial charge in [0.15, 0.2) is 4.77 Å². The first-order valence-electron chi connectivity index (χ1n) is 6.56. The molecule has 4 heteroatoms. The molecule has 3 nitrogen and oxygen atoms in total. The third kappa shape index (κ3) is 3.07. The minimum Gasteiger partial charge on any atom is -0.491 e. The second-order valence-electron chi connectivity index (χ2n) is 5.17. The molecule has 0 saturated heterocycles. The maximum atomic E-state index is 5.65. The van der Waals surface area contributed by atoms with Crippen LogP contribution in [0.2, 0.25) is 0 Å². The maximum absolute atomic E-state index is 5.65. The van der Waals surface area contributed by atoms with Crippen molar-refractivity contribution in [1.82, 2.24) is 9.55 Å². The fourth-order valence-corrected chi connectivity index (χ4v) is 2.29. The van der Waals surface area contributed by atoms with Gasteiger partial charge in [-0.05, 0) is 56.2 Å². The van der Waals surface area contributed by atoms with Gasteiger partial charge in [-0.2, -0.15) is 0 Å². The maximum Gasteiger partial charge on any atom is 0.182 e. The van der Waals surface area contributed by atoms with Gasteiger partial charge in [0.2, 0.25) is 0 Å². The topological polar surface area (TPSA) is 29.9 Å². The van der Waals surface area contributed by atoms with Gasteiger partial charge in [0.05, 0.1) is 6.10 Å². The van der Waals surface area contributed by atoms with Crippen LogP contribution < -0.4 is 4.74 Å². The number of rotatable bonds is 4. The number of hydrogen-bond donors (Lipinski definition) is 1. The van der Waals surface area contributed by atoms with Crippen molar-refractivity contribution < 1.29 is 4.74 Å². The molecule has 1 N–H and O–H groups in total. The molecular weight excluding hydrogens is 256 g/mol. The van der Waals surface area contributed by atoms with Crippen molar-refractivity contribution in [3.63, 3.8) is 0 Å². The Bertz CT molecular complexity index is 593. The molecule has 1 aromatic carbocycles. The molecule has 0 radical (unpaired) electrons. The molecule has 0 bridgehead atoms. The molecule has 0 saturated carbocycles. The summed E-state index contributed by atoms with van der Waals surface area (Å²) in [5, 5.41) is 0. The lowest BCUT2D eigenvalue weighted by molar-refractivity contribution is 0.242. The first-order chi connectivity index (χ1) is 8.99. The summed E-state index contributed by atoms with van der Waals surface area (Å²) in [7, 11) is 0. The Morgan fingerprint density at radius 1 is 1.11 bits per heavy atom. The Kier molecular flexibility index (Phi) is 4.10. The van der Waals surface area contributed by atoms with E-state index in [2.05, 4.69) is 23.4 Å². The largest absolute Gasteiger partial charge is 0.491 e. The zero-order chi connectivity index (χ0) is 14.0. The van der Waals surface area contributed by atoms with Crippen LogP contribution in [0.3, 0.4) is 0 Å². The summed E-state index contributed by atoms with van der Waals surface area (Å²) in [5.74, 6) is 1.30. The minimum atomic E-state index is 0.187. The van der Waals surface area contributed by atoms with E-state index < -0.39 is 0 Å². The third-order valence-electron chi connectivity index (χ3n) is 2.86. The summed E-state index contributed by atoms with van der Waals surface area (Å²) < 4.78 is 8.44. The van der Waals surface area contributed by atoms with E-state index in [1.807, 2.05) is 44.3 Å². The Morgan fingerprint density at radius 3 is 2.26 bits per heavy atom. The van der Waals surface area contributed by atoms with Crippen molar-refractivity contribution in [1.29, 1.82) is 0 Å². The molecule has 0 unspecified atom stereocenters. The smallest absolute Gasteiger partial charge is 0.182 e. The molecule has 0 aliphatic carbocycles. The molecule has 2 rings (SSSR count). The number of hydrogen-bond acceptors (Lipinski definition) is 2. The molecule has 19 heavy (non-hydrogen) atoms. The van der Waals surface area contributed by atoms with Gasteiger partial charge in [0.25, 0.3) is 0 Å². The first-order valence-corrected chi connectivity index (χ1v) is 6.97. The van der Waals surface area contributed by atoms with E-state index in [4.69, 9.17) is 17.0 Å². The predicted molar refractivity (Wildman–Crippen MR) is 80.8 cm³/mol. The summed E-state index contributed by atoms with van der Waals surface area (Å²) in [4.78, 5) is 3.11. The van der Waals surface area contributed by atoms with Crippen molar-refractivity contribution in [3.8, 4) is 11.4 Å². The van der Waals surface area contributed by atoms with E-state index >= 15 is 0 Å². The van der Waals surface area contributed by atoms with Crippen LogP contribution in [0.25, 0.3) is 5.69 Å². The van der Waals surface area contributed by atoms with Gasteiger partial charge >= 0.3 is 0 Å². The van der Waals surface area contributed by atoms with Crippen molar-refractivity contribution in [2.24, 2.45) is 0 Å². The van der Waals surface area contributed by atoms with Crippen LogP contribution in [0.4, 0.5) is 0 Å². The zero-order valence-corrected chi connectivity index (χ0v) is 12.6. The van der Waals surface area contributed by atoms with E-state index in [0.29, 0.717) is 5.92 Å². The number of benzene rings is 1. The Hall–Kier alpha value is -1.55. The van der Waals surface area contributed by atoms with Crippen LogP contribution in [0.1, 0.15) is 39.3 Å². The molecule has 1 aromatic heterocycles. The first kappa shape index (κ1) is 13.9.